The summed E-state index contributed by atoms with van der Waals surface area (Å²) in [5.74, 6) is 0. The maximum atomic E-state index is 10.7. The first kappa shape index (κ1) is 23.8. The predicted molar refractivity (Wildman–Crippen MR) is 59.1 cm³/mol. The summed E-state index contributed by atoms with van der Waals surface area (Å²) >= 11 is 0. The van der Waals surface area contributed by atoms with Crippen LogP contribution in [0.2, 0.25) is 0 Å². The van der Waals surface area contributed by atoms with Crippen molar-refractivity contribution in [2.75, 3.05) is 13.2 Å². The number of aliphatic hydroxyl groups is 2. The van der Waals surface area contributed by atoms with Gasteiger partial charge in [0.2, 0.25) is 0 Å². The van der Waals surface area contributed by atoms with Gasteiger partial charge in [-0.2, -0.15) is 4.31 Å². The topological polar surface area (TPSA) is 154 Å². The summed E-state index contributed by atoms with van der Waals surface area (Å²) in [6.45, 7) is -1.51. The van der Waals surface area contributed by atoms with Gasteiger partial charge in [-0.15, -0.1) is 0 Å². The summed E-state index contributed by atoms with van der Waals surface area (Å²) in [7, 11) is -10.1. The van der Waals surface area contributed by atoms with Gasteiger partial charge in [-0.3, -0.25) is 4.52 Å². The van der Waals surface area contributed by atoms with E-state index < -0.39 is 35.0 Å². The second-order valence-electron chi connectivity index (χ2n) is 2.17. The standard InChI is InChI=1S/C3H10O9P2.2Ca.4H/c4-1-3(5)2-11-14(9,10)12-13(6,7)8;;;;;;/h3-5H,1-2H2,(H,9,10)(H2,6,7,8);;;;;;. The number of phosphoric acid groups is 2. The average molecular weight is 336 g/mol. The van der Waals surface area contributed by atoms with Crippen molar-refractivity contribution in [1.82, 2.24) is 0 Å². The van der Waals surface area contributed by atoms with Crippen LogP contribution in [0.15, 0.2) is 0 Å². The van der Waals surface area contributed by atoms with Crippen LogP contribution in [0.5, 0.6) is 0 Å². The molecule has 0 aromatic carbocycles. The van der Waals surface area contributed by atoms with Crippen LogP contribution in [0.25, 0.3) is 0 Å². The Bertz CT molecular complexity index is 265. The van der Waals surface area contributed by atoms with Gasteiger partial charge < -0.3 is 24.9 Å². The Kier molecular flexibility index (Phi) is 15.6. The summed E-state index contributed by atoms with van der Waals surface area (Å²) in [4.78, 5) is 24.9. The fraction of sp³-hybridized carbons (Fsp3) is 1.00. The normalized spacial score (nSPS) is 16.6. The van der Waals surface area contributed by atoms with E-state index in [-0.39, 0.29) is 75.5 Å². The monoisotopic (exact) mass is 336 g/mol. The van der Waals surface area contributed by atoms with Crippen molar-refractivity contribution in [2.24, 2.45) is 0 Å². The first-order valence-electron chi connectivity index (χ1n) is 3.19. The molecule has 2 unspecified atom stereocenters. The van der Waals surface area contributed by atoms with E-state index in [1.807, 2.05) is 0 Å². The average Bonchev–Trinajstić information content (AvgIpc) is 1.96. The molecule has 0 radical (unpaired) electrons. The molecule has 0 aliphatic rings. The van der Waals surface area contributed by atoms with E-state index >= 15 is 0 Å². The molecule has 94 valence electrons. The van der Waals surface area contributed by atoms with E-state index in [1.54, 1.807) is 0 Å². The molecule has 0 spiro atoms. The number of aliphatic hydroxyl groups excluding tert-OH is 2. The van der Waals surface area contributed by atoms with E-state index in [0.717, 1.165) is 0 Å². The summed E-state index contributed by atoms with van der Waals surface area (Å²) in [5.41, 5.74) is 0. The van der Waals surface area contributed by atoms with Crippen LogP contribution in [-0.2, 0) is 18.0 Å². The van der Waals surface area contributed by atoms with Crippen LogP contribution in [0.1, 0.15) is 0 Å². The van der Waals surface area contributed by atoms with E-state index in [2.05, 4.69) is 8.83 Å². The van der Waals surface area contributed by atoms with Gasteiger partial charge in [-0.05, 0) is 0 Å². The molecule has 16 heavy (non-hydrogen) atoms. The van der Waals surface area contributed by atoms with Crippen molar-refractivity contribution in [2.45, 2.75) is 6.10 Å². The van der Waals surface area contributed by atoms with Crippen molar-refractivity contribution >= 4 is 91.1 Å². The molecule has 0 aliphatic heterocycles. The molecule has 0 heterocycles. The second-order valence-corrected chi connectivity index (χ2v) is 5.00. The molecule has 13 heteroatoms. The molecule has 0 aromatic heterocycles. The van der Waals surface area contributed by atoms with Crippen LogP contribution in [0, 0.1) is 0 Å². The zero-order valence-corrected chi connectivity index (χ0v) is 8.54. The number of hydrogen-bond donors (Lipinski definition) is 5. The molecule has 0 amide bonds. The van der Waals surface area contributed by atoms with Crippen molar-refractivity contribution in [3.05, 3.63) is 0 Å². The van der Waals surface area contributed by atoms with Crippen LogP contribution < -0.4 is 0 Å². The van der Waals surface area contributed by atoms with Crippen LogP contribution in [-0.4, -0.2) is 120 Å². The van der Waals surface area contributed by atoms with Gasteiger partial charge >= 0.3 is 91.1 Å². The van der Waals surface area contributed by atoms with Crippen LogP contribution in [0.4, 0.5) is 0 Å². The van der Waals surface area contributed by atoms with Crippen molar-refractivity contribution in [3.8, 4) is 0 Å². The Labute approximate surface area is 151 Å². The minimum absolute atomic E-state index is 0. The third-order valence-corrected chi connectivity index (χ3v) is 3.00. The molecule has 2 atom stereocenters. The van der Waals surface area contributed by atoms with Crippen LogP contribution in [0.3, 0.4) is 0 Å². The zero-order chi connectivity index (χ0) is 11.4. The fourth-order valence-corrected chi connectivity index (χ4v) is 2.02. The first-order chi connectivity index (χ1) is 6.16. The van der Waals surface area contributed by atoms with Crippen LogP contribution >= 0.6 is 15.6 Å². The first-order valence-corrected chi connectivity index (χ1v) is 6.22. The molecule has 0 bridgehead atoms. The number of rotatable bonds is 6. The minimum atomic E-state index is -5.14. The van der Waals surface area contributed by atoms with Crippen molar-refractivity contribution < 1.29 is 42.9 Å². The molecule has 0 fully saturated rings. The summed E-state index contributed by atoms with van der Waals surface area (Å²) in [6.07, 6.45) is -1.43. The SMILES string of the molecule is O=P(O)(O)OP(=O)(O)OCC(O)CO.[CaH2].[CaH2]. The molecule has 0 aliphatic carbocycles. The third kappa shape index (κ3) is 14.8. The van der Waals surface area contributed by atoms with Gasteiger partial charge in [0.15, 0.2) is 0 Å². The molecule has 9 nitrogen and oxygen atoms in total. The number of hydrogen-bond acceptors (Lipinski definition) is 6. The molecule has 5 N–H and O–H groups in total. The Morgan fingerprint density at radius 2 is 1.56 bits per heavy atom. The van der Waals surface area contributed by atoms with Gasteiger partial charge in [0.1, 0.15) is 6.10 Å². The van der Waals surface area contributed by atoms with E-state index in [0.29, 0.717) is 0 Å². The van der Waals surface area contributed by atoms with Gasteiger partial charge in [-0.25, -0.2) is 9.13 Å². The molecular weight excluding hydrogens is 322 g/mol. The van der Waals surface area contributed by atoms with Crippen molar-refractivity contribution in [3.63, 3.8) is 0 Å². The number of phosphoric ester groups is 1. The van der Waals surface area contributed by atoms with E-state index in [4.69, 9.17) is 24.9 Å². The maximum absolute atomic E-state index is 10.7. The second kappa shape index (κ2) is 10.5. The summed E-state index contributed by atoms with van der Waals surface area (Å²) < 4.78 is 28.1. The van der Waals surface area contributed by atoms with E-state index in [1.165, 1.54) is 0 Å². The fourth-order valence-electron chi connectivity index (χ4n) is 0.391. The molecule has 0 rings (SSSR count). The van der Waals surface area contributed by atoms with Crippen molar-refractivity contribution in [1.29, 1.82) is 0 Å². The molecule has 0 aromatic rings. The van der Waals surface area contributed by atoms with Gasteiger partial charge in [0.05, 0.1) is 13.2 Å². The Morgan fingerprint density at radius 1 is 1.12 bits per heavy atom. The van der Waals surface area contributed by atoms with Gasteiger partial charge in [0.25, 0.3) is 0 Å². The van der Waals surface area contributed by atoms with Gasteiger partial charge in [0, 0.05) is 0 Å². The quantitative estimate of drug-likeness (QED) is 0.248. The zero-order valence-electron chi connectivity index (χ0n) is 6.76. The molecule has 0 saturated carbocycles. The Morgan fingerprint density at radius 3 is 1.88 bits per heavy atom. The molecular formula is C3H14Ca2O9P2. The predicted octanol–water partition coefficient (Wildman–Crippen LogP) is -3.27. The Hall–Kier alpha value is 2.70. The molecule has 0 saturated heterocycles. The third-order valence-electron chi connectivity index (χ3n) is 0.850. The Balaban J connectivity index is -0.000000845. The van der Waals surface area contributed by atoms with E-state index in [9.17, 15) is 9.13 Å². The summed E-state index contributed by atoms with van der Waals surface area (Å²) in [6, 6.07) is 0. The summed E-state index contributed by atoms with van der Waals surface area (Å²) in [5, 5.41) is 16.9. The van der Waals surface area contributed by atoms with Gasteiger partial charge in [-0.1, -0.05) is 0 Å².